The highest BCUT2D eigenvalue weighted by Gasteiger charge is 2.21. The van der Waals surface area contributed by atoms with Crippen molar-refractivity contribution in [3.8, 4) is 11.5 Å². The molecule has 156 valence electrons. The van der Waals surface area contributed by atoms with E-state index in [1.54, 1.807) is 23.6 Å². The Morgan fingerprint density at radius 1 is 1.10 bits per heavy atom. The van der Waals surface area contributed by atoms with Gasteiger partial charge in [0, 0.05) is 5.38 Å². The van der Waals surface area contributed by atoms with Crippen molar-refractivity contribution in [1.82, 2.24) is 10.3 Å². The molecule has 0 bridgehead atoms. The van der Waals surface area contributed by atoms with Crippen LogP contribution in [0.5, 0.6) is 11.5 Å². The van der Waals surface area contributed by atoms with Gasteiger partial charge in [-0.25, -0.2) is 13.4 Å². The first-order valence-corrected chi connectivity index (χ1v) is 11.5. The molecule has 2 N–H and O–H groups in total. The first kappa shape index (κ1) is 20.2. The fraction of sp³-hybridized carbons (Fsp3) is 0.200. The smallest absolute Gasteiger partial charge is 0.263 e. The van der Waals surface area contributed by atoms with Crippen LogP contribution in [0.2, 0.25) is 0 Å². The predicted octanol–water partition coefficient (Wildman–Crippen LogP) is 2.44. The number of hydrogen-bond donors (Lipinski definition) is 2. The van der Waals surface area contributed by atoms with Crippen LogP contribution in [-0.2, 0) is 21.2 Å². The number of nitrogens with one attached hydrogen (secondary N) is 2. The highest BCUT2D eigenvalue weighted by molar-refractivity contribution is 7.93. The van der Waals surface area contributed by atoms with Gasteiger partial charge in [0.05, 0.1) is 23.6 Å². The van der Waals surface area contributed by atoms with Gasteiger partial charge >= 0.3 is 0 Å². The first-order valence-electron chi connectivity index (χ1n) is 9.17. The summed E-state index contributed by atoms with van der Waals surface area (Å²) < 4.78 is 38.6. The number of thiazole rings is 1. The fourth-order valence-corrected chi connectivity index (χ4v) is 4.81. The lowest BCUT2D eigenvalue weighted by molar-refractivity contribution is -0.121. The van der Waals surface area contributed by atoms with Gasteiger partial charge in [-0.2, -0.15) is 0 Å². The summed E-state index contributed by atoms with van der Waals surface area (Å²) in [4.78, 5) is 16.6. The number of carbonyl (C=O) groups is 1. The summed E-state index contributed by atoms with van der Waals surface area (Å²) in [5.74, 6) is 1.10. The molecule has 10 heteroatoms. The minimum absolute atomic E-state index is 0.0354. The maximum absolute atomic E-state index is 12.3. The average Bonchev–Trinajstić information content (AvgIpc) is 3.18. The normalized spacial score (nSPS) is 15.4. The zero-order chi connectivity index (χ0) is 21.0. The van der Waals surface area contributed by atoms with E-state index in [-0.39, 0.29) is 28.5 Å². The van der Waals surface area contributed by atoms with Gasteiger partial charge in [-0.05, 0) is 24.3 Å². The predicted molar refractivity (Wildman–Crippen MR) is 112 cm³/mol. The Morgan fingerprint density at radius 3 is 2.63 bits per heavy atom. The van der Waals surface area contributed by atoms with E-state index in [0.29, 0.717) is 30.3 Å². The number of ether oxygens (including phenoxy) is 2. The van der Waals surface area contributed by atoms with Crippen molar-refractivity contribution < 1.29 is 22.7 Å². The standard InChI is InChI=1S/C20H19N3O5S2/c24-19(21-11-15-12-27-17-8-4-5-9-18(17)28-15)10-14-13-29-20(22-14)23-30(25,26)16-6-2-1-3-7-16/h1-9,13,15H,10-12H2,(H,21,24)(H,22,23). The van der Waals surface area contributed by atoms with E-state index in [0.717, 1.165) is 11.3 Å². The second kappa shape index (κ2) is 8.72. The third-order valence-corrected chi connectivity index (χ3v) is 6.55. The summed E-state index contributed by atoms with van der Waals surface area (Å²) in [6.45, 7) is 0.643. The van der Waals surface area contributed by atoms with Crippen molar-refractivity contribution >= 4 is 32.4 Å². The molecule has 0 radical (unpaired) electrons. The van der Waals surface area contributed by atoms with E-state index in [1.807, 2.05) is 24.3 Å². The molecule has 8 nitrogen and oxygen atoms in total. The molecule has 0 fully saturated rings. The van der Waals surface area contributed by atoms with Crippen LogP contribution in [-0.4, -0.2) is 38.6 Å². The Labute approximate surface area is 177 Å². The van der Waals surface area contributed by atoms with Crippen molar-refractivity contribution in [1.29, 1.82) is 0 Å². The summed E-state index contributed by atoms with van der Waals surface area (Å²) in [7, 11) is -3.71. The molecule has 0 saturated carbocycles. The monoisotopic (exact) mass is 445 g/mol. The third kappa shape index (κ3) is 4.89. The van der Waals surface area contributed by atoms with E-state index >= 15 is 0 Å². The molecule has 4 rings (SSSR count). The average molecular weight is 446 g/mol. The molecule has 1 atom stereocenters. The molecule has 1 aliphatic rings. The number of nitrogens with zero attached hydrogens (tertiary/aromatic N) is 1. The molecule has 1 unspecified atom stereocenters. The third-order valence-electron chi connectivity index (χ3n) is 4.26. The number of benzene rings is 2. The van der Waals surface area contributed by atoms with Crippen LogP contribution in [0.4, 0.5) is 5.13 Å². The SMILES string of the molecule is O=C(Cc1csc(NS(=O)(=O)c2ccccc2)n1)NCC1COc2ccccc2O1. The largest absolute Gasteiger partial charge is 0.486 e. The second-order valence-corrected chi connectivity index (χ2v) is 9.08. The van der Waals surface area contributed by atoms with E-state index in [2.05, 4.69) is 15.0 Å². The Kier molecular flexibility index (Phi) is 5.86. The van der Waals surface area contributed by atoms with Crippen molar-refractivity contribution in [2.45, 2.75) is 17.4 Å². The van der Waals surface area contributed by atoms with Gasteiger partial charge in [0.15, 0.2) is 16.6 Å². The minimum Gasteiger partial charge on any atom is -0.486 e. The van der Waals surface area contributed by atoms with Gasteiger partial charge in [-0.15, -0.1) is 11.3 Å². The fourth-order valence-electron chi connectivity index (χ4n) is 2.83. The minimum atomic E-state index is -3.71. The molecular formula is C20H19N3O5S2. The van der Waals surface area contributed by atoms with Gasteiger partial charge in [-0.1, -0.05) is 30.3 Å². The number of carbonyl (C=O) groups excluding carboxylic acids is 1. The van der Waals surface area contributed by atoms with Crippen LogP contribution in [0.1, 0.15) is 5.69 Å². The molecule has 30 heavy (non-hydrogen) atoms. The Balaban J connectivity index is 1.28. The molecular weight excluding hydrogens is 426 g/mol. The molecule has 1 aromatic heterocycles. The van der Waals surface area contributed by atoms with E-state index < -0.39 is 10.0 Å². The number of para-hydroxylation sites is 2. The lowest BCUT2D eigenvalue weighted by Crippen LogP contribution is -2.41. The number of anilines is 1. The number of fused-ring (bicyclic) bond motifs is 1. The van der Waals surface area contributed by atoms with Crippen molar-refractivity contribution in [3.63, 3.8) is 0 Å². The summed E-state index contributed by atoms with van der Waals surface area (Å²) in [5, 5.41) is 4.66. The first-order chi connectivity index (χ1) is 14.5. The maximum Gasteiger partial charge on any atom is 0.263 e. The van der Waals surface area contributed by atoms with Gasteiger partial charge in [0.25, 0.3) is 10.0 Å². The Morgan fingerprint density at radius 2 is 1.83 bits per heavy atom. The molecule has 2 aromatic carbocycles. The van der Waals surface area contributed by atoms with Crippen molar-refractivity contribution in [2.75, 3.05) is 17.9 Å². The highest BCUT2D eigenvalue weighted by Crippen LogP contribution is 2.30. The lowest BCUT2D eigenvalue weighted by atomic mass is 10.2. The maximum atomic E-state index is 12.3. The molecule has 0 spiro atoms. The quantitative estimate of drug-likeness (QED) is 0.579. The summed E-state index contributed by atoms with van der Waals surface area (Å²) in [6, 6.07) is 15.4. The van der Waals surface area contributed by atoms with Crippen molar-refractivity contribution in [2.24, 2.45) is 0 Å². The van der Waals surface area contributed by atoms with E-state index in [9.17, 15) is 13.2 Å². The molecule has 1 aliphatic heterocycles. The number of aromatic nitrogens is 1. The number of rotatable bonds is 7. The number of amides is 1. The van der Waals surface area contributed by atoms with Crippen LogP contribution in [0.25, 0.3) is 0 Å². The van der Waals surface area contributed by atoms with Gasteiger partial charge < -0.3 is 14.8 Å². The molecule has 2 heterocycles. The Bertz CT molecular complexity index is 1130. The van der Waals surface area contributed by atoms with E-state index in [1.165, 1.54) is 12.1 Å². The molecule has 1 amide bonds. The second-order valence-electron chi connectivity index (χ2n) is 6.54. The molecule has 0 saturated heterocycles. The van der Waals surface area contributed by atoms with Gasteiger partial charge in [0.2, 0.25) is 5.91 Å². The van der Waals surface area contributed by atoms with Gasteiger partial charge in [-0.3, -0.25) is 9.52 Å². The van der Waals surface area contributed by atoms with Crippen molar-refractivity contribution in [3.05, 3.63) is 65.7 Å². The van der Waals surface area contributed by atoms with Crippen LogP contribution < -0.4 is 19.5 Å². The zero-order valence-electron chi connectivity index (χ0n) is 15.8. The summed E-state index contributed by atoms with van der Waals surface area (Å²) >= 11 is 1.13. The highest BCUT2D eigenvalue weighted by atomic mass is 32.2. The van der Waals surface area contributed by atoms with Crippen LogP contribution >= 0.6 is 11.3 Å². The topological polar surface area (TPSA) is 107 Å². The van der Waals surface area contributed by atoms with Crippen LogP contribution in [0.3, 0.4) is 0 Å². The van der Waals surface area contributed by atoms with Crippen LogP contribution in [0, 0.1) is 0 Å². The number of sulfonamides is 1. The van der Waals surface area contributed by atoms with Crippen LogP contribution in [0.15, 0.2) is 64.9 Å². The molecule has 0 aliphatic carbocycles. The summed E-state index contributed by atoms with van der Waals surface area (Å²) in [6.07, 6.45) is -0.249. The Hall–Kier alpha value is -3.11. The number of hydrogen-bond acceptors (Lipinski definition) is 7. The zero-order valence-corrected chi connectivity index (χ0v) is 17.4. The molecule has 3 aromatic rings. The summed E-state index contributed by atoms with van der Waals surface area (Å²) in [5.41, 5.74) is 0.481. The lowest BCUT2D eigenvalue weighted by Gasteiger charge is -2.26. The van der Waals surface area contributed by atoms with Gasteiger partial charge in [0.1, 0.15) is 12.7 Å². The van der Waals surface area contributed by atoms with E-state index in [4.69, 9.17) is 9.47 Å².